The molecule has 0 amide bonds. The Bertz CT molecular complexity index is 182. The predicted molar refractivity (Wildman–Crippen MR) is 73.5 cm³/mol. The Labute approximate surface area is 116 Å². The summed E-state index contributed by atoms with van der Waals surface area (Å²) < 4.78 is 20.3. The van der Waals surface area contributed by atoms with Crippen molar-refractivity contribution >= 4 is 0 Å². The van der Waals surface area contributed by atoms with Crippen LogP contribution in [0.5, 0.6) is 0 Å². The minimum atomic E-state index is -0.490. The third-order valence-electron chi connectivity index (χ3n) is 2.65. The SMILES string of the molecule is COCCCN(CCOC)CC(O)COCCOC. The zero-order valence-corrected chi connectivity index (χ0v) is 12.5. The first kappa shape index (κ1) is 18.8. The molecular formula is C13H29NO5. The molecule has 0 spiro atoms. The average Bonchev–Trinajstić information content (AvgIpc) is 2.41. The Hall–Kier alpha value is -0.240. The summed E-state index contributed by atoms with van der Waals surface area (Å²) in [6, 6.07) is 0. The van der Waals surface area contributed by atoms with Gasteiger partial charge in [0.2, 0.25) is 0 Å². The maximum Gasteiger partial charge on any atom is 0.0900 e. The molecule has 0 aromatic carbocycles. The van der Waals surface area contributed by atoms with Crippen molar-refractivity contribution in [3.8, 4) is 0 Å². The van der Waals surface area contributed by atoms with E-state index in [4.69, 9.17) is 18.9 Å². The number of aliphatic hydroxyl groups is 1. The van der Waals surface area contributed by atoms with Crippen LogP contribution in [0.1, 0.15) is 6.42 Å². The van der Waals surface area contributed by atoms with E-state index in [1.165, 1.54) is 0 Å². The third-order valence-corrected chi connectivity index (χ3v) is 2.65. The molecule has 0 aliphatic rings. The van der Waals surface area contributed by atoms with Gasteiger partial charge in [0.15, 0.2) is 0 Å². The van der Waals surface area contributed by atoms with E-state index in [1.807, 2.05) is 0 Å². The van der Waals surface area contributed by atoms with Crippen molar-refractivity contribution in [1.82, 2.24) is 4.90 Å². The highest BCUT2D eigenvalue weighted by molar-refractivity contribution is 4.64. The molecule has 0 aliphatic carbocycles. The number of hydrogen-bond acceptors (Lipinski definition) is 6. The third kappa shape index (κ3) is 12.5. The molecule has 0 saturated heterocycles. The van der Waals surface area contributed by atoms with Crippen molar-refractivity contribution in [2.75, 3.05) is 74.0 Å². The zero-order chi connectivity index (χ0) is 14.3. The molecule has 1 N–H and O–H groups in total. The van der Waals surface area contributed by atoms with Crippen molar-refractivity contribution in [3.05, 3.63) is 0 Å². The molecule has 1 unspecified atom stereocenters. The highest BCUT2D eigenvalue weighted by atomic mass is 16.5. The van der Waals surface area contributed by atoms with E-state index in [2.05, 4.69) is 4.90 Å². The van der Waals surface area contributed by atoms with Crippen LogP contribution in [-0.2, 0) is 18.9 Å². The summed E-state index contributed by atoms with van der Waals surface area (Å²) in [6.07, 6.45) is 0.452. The fraction of sp³-hybridized carbons (Fsp3) is 1.00. The van der Waals surface area contributed by atoms with Gasteiger partial charge in [-0.15, -0.1) is 0 Å². The Morgan fingerprint density at radius 3 is 2.21 bits per heavy atom. The molecule has 0 bridgehead atoms. The second kappa shape index (κ2) is 14.2. The standard InChI is InChI=1S/C13H29NO5/c1-16-7-4-5-14(6-8-17-2)11-13(15)12-19-10-9-18-3/h13,15H,4-12H2,1-3H3. The summed E-state index contributed by atoms with van der Waals surface area (Å²) in [6.45, 7) is 5.04. The summed E-state index contributed by atoms with van der Waals surface area (Å²) in [5.74, 6) is 0. The average molecular weight is 279 g/mol. The molecule has 0 fully saturated rings. The first-order valence-corrected chi connectivity index (χ1v) is 6.69. The number of hydrogen-bond donors (Lipinski definition) is 1. The summed E-state index contributed by atoms with van der Waals surface area (Å²) in [7, 11) is 5.00. The lowest BCUT2D eigenvalue weighted by atomic mass is 10.3. The molecule has 1 atom stereocenters. The number of rotatable bonds is 14. The van der Waals surface area contributed by atoms with E-state index in [0.29, 0.717) is 33.0 Å². The lowest BCUT2D eigenvalue weighted by Gasteiger charge is -2.24. The van der Waals surface area contributed by atoms with Crippen LogP contribution >= 0.6 is 0 Å². The fourth-order valence-electron chi connectivity index (χ4n) is 1.66. The van der Waals surface area contributed by atoms with Crippen LogP contribution in [0.4, 0.5) is 0 Å². The number of ether oxygens (including phenoxy) is 4. The summed E-state index contributed by atoms with van der Waals surface area (Å²) in [4.78, 5) is 2.16. The van der Waals surface area contributed by atoms with Crippen LogP contribution in [0.3, 0.4) is 0 Å². The van der Waals surface area contributed by atoms with Gasteiger partial charge in [-0.3, -0.25) is 4.90 Å². The van der Waals surface area contributed by atoms with Gasteiger partial charge in [-0.05, 0) is 6.42 Å². The van der Waals surface area contributed by atoms with E-state index < -0.39 is 6.10 Å². The van der Waals surface area contributed by atoms with Gasteiger partial charge in [0.1, 0.15) is 0 Å². The maximum atomic E-state index is 9.90. The van der Waals surface area contributed by atoms with Crippen molar-refractivity contribution in [2.45, 2.75) is 12.5 Å². The largest absolute Gasteiger partial charge is 0.389 e. The Balaban J connectivity index is 3.79. The van der Waals surface area contributed by atoms with E-state index in [0.717, 1.165) is 26.1 Å². The molecular weight excluding hydrogens is 250 g/mol. The van der Waals surface area contributed by atoms with E-state index in [-0.39, 0.29) is 0 Å². The van der Waals surface area contributed by atoms with Crippen molar-refractivity contribution < 1.29 is 24.1 Å². The molecule has 0 rings (SSSR count). The Morgan fingerprint density at radius 2 is 1.58 bits per heavy atom. The van der Waals surface area contributed by atoms with Crippen LogP contribution in [0.15, 0.2) is 0 Å². The van der Waals surface area contributed by atoms with Crippen LogP contribution in [0.2, 0.25) is 0 Å². The Kier molecular flexibility index (Phi) is 14.0. The molecule has 116 valence electrons. The zero-order valence-electron chi connectivity index (χ0n) is 12.5. The minimum absolute atomic E-state index is 0.330. The lowest BCUT2D eigenvalue weighted by Crippen LogP contribution is -2.38. The molecule has 0 aliphatic heterocycles. The molecule has 6 nitrogen and oxygen atoms in total. The van der Waals surface area contributed by atoms with Crippen LogP contribution < -0.4 is 0 Å². The van der Waals surface area contributed by atoms with Gasteiger partial charge in [-0.1, -0.05) is 0 Å². The molecule has 0 aromatic rings. The van der Waals surface area contributed by atoms with Crippen molar-refractivity contribution in [2.24, 2.45) is 0 Å². The summed E-state index contributed by atoms with van der Waals surface area (Å²) in [5.41, 5.74) is 0. The first-order valence-electron chi connectivity index (χ1n) is 6.69. The molecule has 0 radical (unpaired) electrons. The van der Waals surface area contributed by atoms with E-state index >= 15 is 0 Å². The minimum Gasteiger partial charge on any atom is -0.389 e. The quantitative estimate of drug-likeness (QED) is 0.452. The number of methoxy groups -OCH3 is 3. The van der Waals surface area contributed by atoms with Gasteiger partial charge >= 0.3 is 0 Å². The topological polar surface area (TPSA) is 60.4 Å². The van der Waals surface area contributed by atoms with E-state index in [1.54, 1.807) is 21.3 Å². The maximum absolute atomic E-state index is 9.90. The van der Waals surface area contributed by atoms with Crippen LogP contribution in [-0.4, -0.2) is 90.1 Å². The lowest BCUT2D eigenvalue weighted by molar-refractivity contribution is -0.00399. The number of aliphatic hydroxyl groups excluding tert-OH is 1. The smallest absolute Gasteiger partial charge is 0.0900 e. The normalized spacial score (nSPS) is 13.1. The molecule has 0 heterocycles. The Morgan fingerprint density at radius 1 is 0.895 bits per heavy atom. The first-order chi connectivity index (χ1) is 9.24. The van der Waals surface area contributed by atoms with Gasteiger partial charge < -0.3 is 24.1 Å². The summed E-state index contributed by atoms with van der Waals surface area (Å²) in [5, 5.41) is 9.90. The predicted octanol–water partition coefficient (Wildman–Crippen LogP) is -0.00480. The molecule has 0 aromatic heterocycles. The highest BCUT2D eigenvalue weighted by Crippen LogP contribution is 1.97. The van der Waals surface area contributed by atoms with Gasteiger partial charge in [-0.25, -0.2) is 0 Å². The second-order valence-electron chi connectivity index (χ2n) is 4.36. The van der Waals surface area contributed by atoms with Gasteiger partial charge in [-0.2, -0.15) is 0 Å². The van der Waals surface area contributed by atoms with Crippen molar-refractivity contribution in [1.29, 1.82) is 0 Å². The monoisotopic (exact) mass is 279 g/mol. The molecule has 19 heavy (non-hydrogen) atoms. The second-order valence-corrected chi connectivity index (χ2v) is 4.36. The van der Waals surface area contributed by atoms with Gasteiger partial charge in [0.05, 0.1) is 32.5 Å². The van der Waals surface area contributed by atoms with Crippen LogP contribution in [0, 0.1) is 0 Å². The van der Waals surface area contributed by atoms with Crippen molar-refractivity contribution in [3.63, 3.8) is 0 Å². The fourth-order valence-corrected chi connectivity index (χ4v) is 1.66. The number of nitrogens with zero attached hydrogens (tertiary/aromatic N) is 1. The van der Waals surface area contributed by atoms with Gasteiger partial charge in [0.25, 0.3) is 0 Å². The van der Waals surface area contributed by atoms with Crippen LogP contribution in [0.25, 0.3) is 0 Å². The van der Waals surface area contributed by atoms with E-state index in [9.17, 15) is 5.11 Å². The highest BCUT2D eigenvalue weighted by Gasteiger charge is 2.11. The molecule has 6 heteroatoms. The van der Waals surface area contributed by atoms with Gasteiger partial charge in [0, 0.05) is 47.6 Å². The molecule has 0 saturated carbocycles. The summed E-state index contributed by atoms with van der Waals surface area (Å²) >= 11 is 0.